The minimum absolute atomic E-state index is 0.257. The Morgan fingerprint density at radius 2 is 1.00 bits per heavy atom. The van der Waals surface area contributed by atoms with E-state index in [2.05, 4.69) is 62.4 Å². The number of amides is 2. The molecule has 0 spiro atoms. The molecule has 0 heterocycles. The highest BCUT2D eigenvalue weighted by Gasteiger charge is 2.16. The summed E-state index contributed by atoms with van der Waals surface area (Å²) in [4.78, 5) is 28.3. The molecule has 0 fully saturated rings. The van der Waals surface area contributed by atoms with Crippen molar-refractivity contribution in [3.63, 3.8) is 0 Å². The smallest absolute Gasteiger partial charge is 0.222 e. The molecule has 5 nitrogen and oxygen atoms in total. The molecule has 0 aromatic rings. The molecular formula is C30H61BrN2O3. The first-order valence-electron chi connectivity index (χ1n) is 15.0. The van der Waals surface area contributed by atoms with Gasteiger partial charge >= 0.3 is 0 Å². The molecule has 0 aromatic carbocycles. The van der Waals surface area contributed by atoms with Gasteiger partial charge in [0.2, 0.25) is 11.8 Å². The molecule has 0 unspecified atom stereocenters. The second-order valence-corrected chi connectivity index (χ2v) is 11.3. The fraction of sp³-hybridized carbons (Fsp3) is 0.933. The van der Waals surface area contributed by atoms with Crippen LogP contribution < -0.4 is 0 Å². The average Bonchev–Trinajstić information content (AvgIpc) is 2.84. The quantitative estimate of drug-likeness (QED) is 0.104. The van der Waals surface area contributed by atoms with Crippen LogP contribution in [0.4, 0.5) is 0 Å². The van der Waals surface area contributed by atoms with Gasteiger partial charge in [0.05, 0.1) is 0 Å². The first kappa shape index (κ1) is 37.5. The highest BCUT2D eigenvalue weighted by Crippen LogP contribution is 2.11. The monoisotopic (exact) mass is 576 g/mol. The number of carbonyl (C=O) groups excluding carboxylic acids is 2. The molecule has 0 aliphatic carbocycles. The first-order valence-corrected chi connectivity index (χ1v) is 16.1. The third-order valence-corrected chi connectivity index (χ3v) is 7.03. The van der Waals surface area contributed by atoms with Gasteiger partial charge in [0.1, 0.15) is 0 Å². The number of rotatable bonds is 22. The number of halogens is 1. The van der Waals surface area contributed by atoms with E-state index in [1.165, 1.54) is 51.4 Å². The summed E-state index contributed by atoms with van der Waals surface area (Å²) in [5.41, 5.74) is 0. The van der Waals surface area contributed by atoms with Crippen LogP contribution in [0.15, 0.2) is 0 Å². The molecule has 0 aliphatic rings. The van der Waals surface area contributed by atoms with E-state index in [1.54, 1.807) is 0 Å². The second kappa shape index (κ2) is 27.4. The summed E-state index contributed by atoms with van der Waals surface area (Å²) in [6.45, 7) is 14.8. The van der Waals surface area contributed by atoms with Crippen LogP contribution in [0.2, 0.25) is 0 Å². The Bertz CT molecular complexity index is 457. The van der Waals surface area contributed by atoms with Crippen LogP contribution in [0.25, 0.3) is 0 Å². The fourth-order valence-electron chi connectivity index (χ4n) is 4.16. The maximum atomic E-state index is 12.1. The van der Waals surface area contributed by atoms with E-state index in [0.29, 0.717) is 24.3 Å². The summed E-state index contributed by atoms with van der Waals surface area (Å²) >= 11 is 3.44. The van der Waals surface area contributed by atoms with E-state index in [9.17, 15) is 9.59 Å². The maximum Gasteiger partial charge on any atom is 0.222 e. The zero-order valence-corrected chi connectivity index (χ0v) is 26.4. The molecule has 0 saturated heterocycles. The second-order valence-electron chi connectivity index (χ2n) is 10.5. The van der Waals surface area contributed by atoms with Gasteiger partial charge in [0.15, 0.2) is 0 Å². The van der Waals surface area contributed by atoms with Crippen molar-refractivity contribution in [3.05, 3.63) is 0 Å². The minimum Gasteiger partial charge on any atom is -0.396 e. The number of carbonyl (C=O) groups is 2. The van der Waals surface area contributed by atoms with E-state index < -0.39 is 0 Å². The van der Waals surface area contributed by atoms with Crippen LogP contribution in [0.3, 0.4) is 0 Å². The van der Waals surface area contributed by atoms with Gasteiger partial charge in [-0.1, -0.05) is 74.7 Å². The standard InChI is InChI=1S/C15H30BrNO.C15H31NO2/c1-4-5-6-8-11-15(18)17(14(2)3)13-10-7-9-12-16;1-4-5-6-8-11-15(18)16(14(2)3)12-9-7-10-13-17/h14H,4-13H2,1-3H3;14,17H,4-13H2,1-3H3. The van der Waals surface area contributed by atoms with E-state index in [4.69, 9.17) is 5.11 Å². The van der Waals surface area contributed by atoms with Crippen LogP contribution in [0, 0.1) is 0 Å². The highest BCUT2D eigenvalue weighted by atomic mass is 79.9. The highest BCUT2D eigenvalue weighted by molar-refractivity contribution is 9.09. The van der Waals surface area contributed by atoms with Crippen LogP contribution >= 0.6 is 15.9 Å². The number of aliphatic hydroxyl groups is 1. The third-order valence-electron chi connectivity index (χ3n) is 6.47. The lowest BCUT2D eigenvalue weighted by Crippen LogP contribution is -2.37. The number of alkyl halides is 1. The normalized spacial score (nSPS) is 10.9. The summed E-state index contributed by atoms with van der Waals surface area (Å²) in [5.74, 6) is 0.644. The molecule has 36 heavy (non-hydrogen) atoms. The van der Waals surface area contributed by atoms with Crippen LogP contribution in [-0.2, 0) is 9.59 Å². The molecule has 0 aromatic heterocycles. The molecular weight excluding hydrogens is 516 g/mol. The number of nitrogens with zero attached hydrogens (tertiary/aromatic N) is 2. The Morgan fingerprint density at radius 1 is 0.611 bits per heavy atom. The van der Waals surface area contributed by atoms with Crippen molar-refractivity contribution in [1.29, 1.82) is 0 Å². The number of hydrogen-bond donors (Lipinski definition) is 1. The van der Waals surface area contributed by atoms with Crippen LogP contribution in [-0.4, -0.2) is 63.8 Å². The van der Waals surface area contributed by atoms with Crippen molar-refractivity contribution < 1.29 is 14.7 Å². The average molecular weight is 578 g/mol. The minimum atomic E-state index is 0.257. The van der Waals surface area contributed by atoms with Gasteiger partial charge in [0.25, 0.3) is 0 Å². The molecule has 0 radical (unpaired) electrons. The first-order chi connectivity index (χ1) is 17.3. The van der Waals surface area contributed by atoms with Gasteiger partial charge in [0, 0.05) is 50.0 Å². The molecule has 0 bridgehead atoms. The van der Waals surface area contributed by atoms with Crippen molar-refractivity contribution >= 4 is 27.7 Å². The van der Waals surface area contributed by atoms with Gasteiger partial charge in [-0.15, -0.1) is 0 Å². The number of hydrogen-bond acceptors (Lipinski definition) is 3. The fourth-order valence-corrected chi connectivity index (χ4v) is 4.56. The summed E-state index contributed by atoms with van der Waals surface area (Å²) in [6.07, 6.45) is 17.2. The topological polar surface area (TPSA) is 60.9 Å². The molecule has 216 valence electrons. The Hall–Kier alpha value is -0.620. The van der Waals surface area contributed by atoms with Crippen molar-refractivity contribution in [2.24, 2.45) is 0 Å². The predicted molar refractivity (Wildman–Crippen MR) is 160 cm³/mol. The molecule has 1 N–H and O–H groups in total. The Kier molecular flexibility index (Phi) is 28.6. The maximum absolute atomic E-state index is 12.1. The molecule has 2 amide bonds. The summed E-state index contributed by atoms with van der Waals surface area (Å²) in [6, 6.07) is 0.630. The molecule has 0 aliphatic heterocycles. The lowest BCUT2D eigenvalue weighted by molar-refractivity contribution is -0.134. The Morgan fingerprint density at radius 3 is 1.33 bits per heavy atom. The van der Waals surface area contributed by atoms with Crippen molar-refractivity contribution in [3.8, 4) is 0 Å². The third kappa shape index (κ3) is 22.6. The van der Waals surface area contributed by atoms with E-state index in [0.717, 1.165) is 63.4 Å². The molecule has 0 atom stereocenters. The zero-order chi connectivity index (χ0) is 27.6. The van der Waals surface area contributed by atoms with Gasteiger partial charge < -0.3 is 14.9 Å². The lowest BCUT2D eigenvalue weighted by Gasteiger charge is -2.27. The lowest BCUT2D eigenvalue weighted by atomic mass is 10.1. The van der Waals surface area contributed by atoms with Gasteiger partial charge in [-0.2, -0.15) is 0 Å². The van der Waals surface area contributed by atoms with E-state index in [-0.39, 0.29) is 12.6 Å². The predicted octanol–water partition coefficient (Wildman–Crippen LogP) is 8.12. The molecule has 6 heteroatoms. The number of unbranched alkanes of at least 4 members (excludes halogenated alkanes) is 10. The van der Waals surface area contributed by atoms with Crippen molar-refractivity contribution in [1.82, 2.24) is 9.80 Å². The zero-order valence-electron chi connectivity index (χ0n) is 24.8. The summed E-state index contributed by atoms with van der Waals surface area (Å²) in [5, 5.41) is 9.81. The Labute approximate surface area is 233 Å². The van der Waals surface area contributed by atoms with Crippen LogP contribution in [0.5, 0.6) is 0 Å². The summed E-state index contributed by atoms with van der Waals surface area (Å²) < 4.78 is 0. The Balaban J connectivity index is 0. The van der Waals surface area contributed by atoms with Gasteiger partial charge in [-0.3, -0.25) is 9.59 Å². The van der Waals surface area contributed by atoms with E-state index >= 15 is 0 Å². The van der Waals surface area contributed by atoms with E-state index in [1.807, 2.05) is 4.90 Å². The number of aliphatic hydroxyl groups excluding tert-OH is 1. The molecule has 0 rings (SSSR count). The largest absolute Gasteiger partial charge is 0.396 e. The SMILES string of the molecule is CCCCCCC(=O)N(CCCCCBr)C(C)C.CCCCCCC(=O)N(CCCCCO)C(C)C. The van der Waals surface area contributed by atoms with Gasteiger partial charge in [-0.05, 0) is 72.6 Å². The van der Waals surface area contributed by atoms with Crippen molar-refractivity contribution in [2.45, 2.75) is 156 Å². The van der Waals surface area contributed by atoms with Crippen LogP contribution in [0.1, 0.15) is 144 Å². The molecule has 0 saturated carbocycles. The summed E-state index contributed by atoms with van der Waals surface area (Å²) in [7, 11) is 0. The van der Waals surface area contributed by atoms with Gasteiger partial charge in [-0.25, -0.2) is 0 Å². The van der Waals surface area contributed by atoms with Crippen molar-refractivity contribution in [2.75, 3.05) is 25.0 Å².